The van der Waals surface area contributed by atoms with E-state index >= 15 is 0 Å². The number of nitrogens with zero attached hydrogens (tertiary/aromatic N) is 5. The van der Waals surface area contributed by atoms with E-state index in [2.05, 4.69) is 10.2 Å². The van der Waals surface area contributed by atoms with Gasteiger partial charge >= 0.3 is 0 Å². The summed E-state index contributed by atoms with van der Waals surface area (Å²) >= 11 is 0. The molecule has 0 aliphatic heterocycles. The molecule has 25 heavy (non-hydrogen) atoms. The Labute approximate surface area is 148 Å². The van der Waals surface area contributed by atoms with Gasteiger partial charge in [0.15, 0.2) is 5.37 Å². The zero-order valence-corrected chi connectivity index (χ0v) is 15.4. The predicted octanol–water partition coefficient (Wildman–Crippen LogP) is 1.99. The van der Waals surface area contributed by atoms with Crippen molar-refractivity contribution in [2.45, 2.75) is 18.2 Å². The molecule has 0 N–H and O–H groups in total. The average Bonchev–Trinajstić information content (AvgIpc) is 2.96. The van der Waals surface area contributed by atoms with Crippen LogP contribution in [0.2, 0.25) is 0 Å². The SMILES string of the molecule is CN(C)c1ccc(/N=N/CCCC([n+]2ccn(C)c2)S(=O)(=O)[O-])cc1. The van der Waals surface area contributed by atoms with Crippen LogP contribution in [0, 0.1) is 0 Å². The van der Waals surface area contributed by atoms with Crippen LogP contribution in [0.5, 0.6) is 0 Å². The van der Waals surface area contributed by atoms with E-state index in [1.807, 2.05) is 43.3 Å². The minimum absolute atomic E-state index is 0.194. The summed E-state index contributed by atoms with van der Waals surface area (Å²) in [6.45, 7) is 0.356. The van der Waals surface area contributed by atoms with E-state index in [0.717, 1.165) is 11.4 Å². The van der Waals surface area contributed by atoms with Crippen LogP contribution in [0.3, 0.4) is 0 Å². The topological polar surface area (TPSA) is 94.0 Å². The third kappa shape index (κ3) is 5.64. The average molecular weight is 365 g/mol. The molecular weight excluding hydrogens is 342 g/mol. The van der Waals surface area contributed by atoms with Crippen molar-refractivity contribution in [3.8, 4) is 0 Å². The summed E-state index contributed by atoms with van der Waals surface area (Å²) < 4.78 is 37.5. The summed E-state index contributed by atoms with van der Waals surface area (Å²) in [7, 11) is 1.25. The molecule has 1 atom stereocenters. The number of rotatable bonds is 8. The fourth-order valence-electron chi connectivity index (χ4n) is 2.37. The molecule has 0 saturated carbocycles. The molecule has 1 heterocycles. The summed E-state index contributed by atoms with van der Waals surface area (Å²) in [4.78, 5) is 1.99. The number of hydrogen-bond donors (Lipinski definition) is 0. The third-order valence-electron chi connectivity index (χ3n) is 3.72. The van der Waals surface area contributed by atoms with Gasteiger partial charge in [-0.2, -0.15) is 10.2 Å². The van der Waals surface area contributed by atoms with Crippen LogP contribution in [-0.2, 0) is 17.2 Å². The Bertz CT molecular complexity index is 813. The van der Waals surface area contributed by atoms with Crippen molar-refractivity contribution < 1.29 is 17.5 Å². The standard InChI is InChI=1S/C16H23N5O3S/c1-19(2)15-8-6-14(7-9-15)18-17-10-4-5-16(25(22,23)24)21-12-11-20(3)13-21/h6-9,11-13,16H,4-5,10H2,1-3H3/b18-17+. The molecule has 2 rings (SSSR count). The molecule has 1 aromatic heterocycles. The Morgan fingerprint density at radius 1 is 1.28 bits per heavy atom. The van der Waals surface area contributed by atoms with Gasteiger partial charge in [0.05, 0.1) is 19.3 Å². The number of azo groups is 1. The van der Waals surface area contributed by atoms with Gasteiger partial charge in [-0.25, -0.2) is 17.6 Å². The van der Waals surface area contributed by atoms with Crippen LogP contribution in [0.1, 0.15) is 18.2 Å². The fourth-order valence-corrected chi connectivity index (χ4v) is 3.25. The lowest BCUT2D eigenvalue weighted by Crippen LogP contribution is -2.42. The maximum Gasteiger partial charge on any atom is 0.244 e. The summed E-state index contributed by atoms with van der Waals surface area (Å²) in [6.07, 6.45) is 5.49. The zero-order chi connectivity index (χ0) is 18.4. The van der Waals surface area contributed by atoms with Gasteiger partial charge in [-0.15, -0.1) is 0 Å². The van der Waals surface area contributed by atoms with Crippen molar-refractivity contribution in [3.63, 3.8) is 0 Å². The van der Waals surface area contributed by atoms with Crippen LogP contribution in [0.15, 0.2) is 53.2 Å². The van der Waals surface area contributed by atoms with E-state index in [1.54, 1.807) is 30.3 Å². The third-order valence-corrected chi connectivity index (χ3v) is 4.86. The van der Waals surface area contributed by atoms with Crippen LogP contribution < -0.4 is 9.47 Å². The molecule has 0 radical (unpaired) electrons. The van der Waals surface area contributed by atoms with E-state index in [1.165, 1.54) is 4.57 Å². The van der Waals surface area contributed by atoms with Gasteiger partial charge in [0.25, 0.3) is 0 Å². The van der Waals surface area contributed by atoms with Crippen molar-refractivity contribution in [1.82, 2.24) is 4.57 Å². The first kappa shape index (κ1) is 19.1. The van der Waals surface area contributed by atoms with Gasteiger partial charge in [0.1, 0.15) is 22.5 Å². The number of anilines is 1. The number of imidazole rings is 1. The van der Waals surface area contributed by atoms with Crippen LogP contribution in [-0.4, -0.2) is 38.2 Å². The van der Waals surface area contributed by atoms with Crippen LogP contribution in [0.4, 0.5) is 11.4 Å². The zero-order valence-electron chi connectivity index (χ0n) is 14.6. The highest BCUT2D eigenvalue weighted by atomic mass is 32.2. The summed E-state index contributed by atoms with van der Waals surface area (Å²) in [5, 5.41) is 7.06. The van der Waals surface area contributed by atoms with Crippen molar-refractivity contribution in [2.24, 2.45) is 17.3 Å². The van der Waals surface area contributed by atoms with Crippen LogP contribution in [0.25, 0.3) is 0 Å². The molecule has 0 amide bonds. The smallest absolute Gasteiger partial charge is 0.244 e. The van der Waals surface area contributed by atoms with Crippen molar-refractivity contribution >= 4 is 21.5 Å². The number of aromatic nitrogens is 2. The van der Waals surface area contributed by atoms with Gasteiger partial charge in [0, 0.05) is 26.2 Å². The van der Waals surface area contributed by atoms with Crippen LogP contribution >= 0.6 is 0 Å². The Kier molecular flexibility index (Phi) is 6.27. The molecule has 136 valence electrons. The molecule has 0 spiro atoms. The van der Waals surface area contributed by atoms with E-state index < -0.39 is 15.5 Å². The normalized spacial score (nSPS) is 13.3. The highest BCUT2D eigenvalue weighted by molar-refractivity contribution is 7.85. The lowest BCUT2D eigenvalue weighted by Gasteiger charge is -2.16. The molecule has 8 nitrogen and oxygen atoms in total. The van der Waals surface area contributed by atoms with Gasteiger partial charge in [-0.1, -0.05) is 0 Å². The lowest BCUT2D eigenvalue weighted by atomic mass is 10.3. The van der Waals surface area contributed by atoms with E-state index in [0.29, 0.717) is 13.0 Å². The first-order chi connectivity index (χ1) is 11.8. The Hall–Kier alpha value is -2.26. The Balaban J connectivity index is 1.89. The monoisotopic (exact) mass is 365 g/mol. The maximum atomic E-state index is 11.5. The molecule has 9 heteroatoms. The van der Waals surface area contributed by atoms with Crippen molar-refractivity contribution in [1.29, 1.82) is 0 Å². The molecule has 1 aromatic carbocycles. The van der Waals surface area contributed by atoms with E-state index in [4.69, 9.17) is 0 Å². The number of hydrogen-bond acceptors (Lipinski definition) is 6. The van der Waals surface area contributed by atoms with Gasteiger partial charge in [-0.05, 0) is 30.7 Å². The first-order valence-corrected chi connectivity index (χ1v) is 9.37. The minimum Gasteiger partial charge on any atom is -0.745 e. The maximum absolute atomic E-state index is 11.5. The van der Waals surface area contributed by atoms with Crippen molar-refractivity contribution in [3.05, 3.63) is 43.0 Å². The summed E-state index contributed by atoms with van der Waals surface area (Å²) in [5.41, 5.74) is 1.80. The molecular formula is C16H23N5O3S. The lowest BCUT2D eigenvalue weighted by molar-refractivity contribution is -0.702. The van der Waals surface area contributed by atoms with E-state index in [9.17, 15) is 13.0 Å². The Morgan fingerprint density at radius 3 is 2.48 bits per heavy atom. The van der Waals surface area contributed by atoms with Crippen molar-refractivity contribution in [2.75, 3.05) is 25.5 Å². The molecule has 0 bridgehead atoms. The van der Waals surface area contributed by atoms with Gasteiger partial charge in [0.2, 0.25) is 6.33 Å². The second kappa shape index (κ2) is 8.21. The molecule has 2 aromatic rings. The minimum atomic E-state index is -4.43. The molecule has 1 unspecified atom stereocenters. The quantitative estimate of drug-likeness (QED) is 0.309. The highest BCUT2D eigenvalue weighted by Crippen LogP contribution is 2.19. The second-order valence-electron chi connectivity index (χ2n) is 5.99. The predicted molar refractivity (Wildman–Crippen MR) is 93.7 cm³/mol. The largest absolute Gasteiger partial charge is 0.745 e. The number of benzene rings is 1. The summed E-state index contributed by atoms with van der Waals surface area (Å²) in [6, 6.07) is 7.62. The summed E-state index contributed by atoms with van der Waals surface area (Å²) in [5.74, 6) is 0. The Morgan fingerprint density at radius 2 is 1.96 bits per heavy atom. The first-order valence-electron chi connectivity index (χ1n) is 7.89. The van der Waals surface area contributed by atoms with Gasteiger partial charge in [-0.3, -0.25) is 0 Å². The molecule has 0 aliphatic rings. The second-order valence-corrected chi connectivity index (χ2v) is 7.52. The molecule has 0 fully saturated rings. The number of aryl methyl sites for hydroxylation is 1. The van der Waals surface area contributed by atoms with Gasteiger partial charge < -0.3 is 9.45 Å². The van der Waals surface area contributed by atoms with E-state index in [-0.39, 0.29) is 6.42 Å². The highest BCUT2D eigenvalue weighted by Gasteiger charge is 2.22. The fraction of sp³-hybridized carbons (Fsp3) is 0.438. The molecule has 0 saturated heterocycles. The molecule has 0 aliphatic carbocycles.